The molecule has 9 nitrogen and oxygen atoms in total. The molecule has 1 amide bonds. The van der Waals surface area contributed by atoms with Crippen molar-refractivity contribution in [2.75, 3.05) is 44.0 Å². The van der Waals surface area contributed by atoms with Gasteiger partial charge in [0.15, 0.2) is 0 Å². The molecule has 0 spiro atoms. The minimum absolute atomic E-state index is 0.0612. The Labute approximate surface area is 192 Å². The molecular weight excluding hydrogens is 453 g/mol. The van der Waals surface area contributed by atoms with E-state index in [4.69, 9.17) is 9.47 Å². The van der Waals surface area contributed by atoms with Crippen molar-refractivity contribution in [1.29, 1.82) is 0 Å². The number of halogens is 3. The van der Waals surface area contributed by atoms with E-state index < -0.39 is 11.7 Å². The van der Waals surface area contributed by atoms with Crippen molar-refractivity contribution in [3.05, 3.63) is 35.5 Å². The first kappa shape index (κ1) is 22.3. The number of rotatable bonds is 6. The van der Waals surface area contributed by atoms with Crippen molar-refractivity contribution in [2.45, 2.75) is 25.1 Å². The molecule has 12 heteroatoms. The number of benzene rings is 1. The Morgan fingerprint density at radius 1 is 1.24 bits per heavy atom. The van der Waals surface area contributed by atoms with Crippen LogP contribution in [-0.4, -0.2) is 65.2 Å². The molecule has 0 radical (unpaired) electrons. The molecule has 1 aliphatic heterocycles. The number of hydrogen-bond acceptors (Lipinski definition) is 7. The lowest BCUT2D eigenvalue weighted by molar-refractivity contribution is -0.136. The summed E-state index contributed by atoms with van der Waals surface area (Å²) >= 11 is 0. The van der Waals surface area contributed by atoms with Crippen LogP contribution in [0.15, 0.2) is 24.4 Å². The second-order valence-electron chi connectivity index (χ2n) is 8.18. The molecule has 2 aromatic heterocycles. The smallest absolute Gasteiger partial charge is 0.418 e. The van der Waals surface area contributed by atoms with Gasteiger partial charge in [0.2, 0.25) is 5.95 Å². The topological polar surface area (TPSA) is 104 Å². The summed E-state index contributed by atoms with van der Waals surface area (Å²) in [6.45, 7) is 2.02. The van der Waals surface area contributed by atoms with Gasteiger partial charge in [-0.2, -0.15) is 23.1 Å². The number of H-pyrrole nitrogens is 1. The van der Waals surface area contributed by atoms with Crippen molar-refractivity contribution in [3.63, 3.8) is 0 Å². The SMILES string of the molecule is COc1cc(C(=O)N2CCOCC2)ccc1Nc1nc(NC2CC2)c2c(C(F)(F)F)c[nH]c2n1. The van der Waals surface area contributed by atoms with Gasteiger partial charge in [-0.05, 0) is 31.0 Å². The number of methoxy groups -OCH3 is 1. The largest absolute Gasteiger partial charge is 0.495 e. The van der Waals surface area contributed by atoms with Crippen LogP contribution in [0.4, 0.5) is 30.6 Å². The fraction of sp³-hybridized carbons (Fsp3) is 0.409. The number of carbonyl (C=O) groups is 1. The lowest BCUT2D eigenvalue weighted by Crippen LogP contribution is -2.40. The highest BCUT2D eigenvalue weighted by Gasteiger charge is 2.36. The maximum atomic E-state index is 13.5. The second-order valence-corrected chi connectivity index (χ2v) is 8.18. The third kappa shape index (κ3) is 4.45. The summed E-state index contributed by atoms with van der Waals surface area (Å²) in [6.07, 6.45) is -1.91. The van der Waals surface area contributed by atoms with Gasteiger partial charge in [-0.1, -0.05) is 0 Å². The molecular formula is C22H23F3N6O3. The van der Waals surface area contributed by atoms with Crippen LogP contribution < -0.4 is 15.4 Å². The summed E-state index contributed by atoms with van der Waals surface area (Å²) in [4.78, 5) is 25.7. The van der Waals surface area contributed by atoms with E-state index in [1.807, 2.05) is 0 Å². The molecule has 0 unspecified atom stereocenters. The number of anilines is 3. The fourth-order valence-electron chi connectivity index (χ4n) is 3.83. The predicted molar refractivity (Wildman–Crippen MR) is 119 cm³/mol. The average Bonchev–Trinajstić information content (AvgIpc) is 3.53. The van der Waals surface area contributed by atoms with Crippen molar-refractivity contribution >= 4 is 34.4 Å². The number of morpholine rings is 1. The standard InChI is InChI=1S/C22H23F3N6O3/c1-33-16-10-12(20(32)31-6-8-34-9-7-31)2-5-15(16)28-21-29-18-17(14(11-26-18)22(23,24)25)19(30-21)27-13-3-4-13/h2,5,10-11,13H,3-4,6-9H2,1H3,(H3,26,27,28,29,30). The summed E-state index contributed by atoms with van der Waals surface area (Å²) in [6, 6.07) is 5.01. The van der Waals surface area contributed by atoms with E-state index in [2.05, 4.69) is 25.6 Å². The van der Waals surface area contributed by atoms with Crippen LogP contribution in [0.25, 0.3) is 11.0 Å². The number of hydrogen-bond donors (Lipinski definition) is 3. The molecule has 1 aliphatic carbocycles. The third-order valence-electron chi connectivity index (χ3n) is 5.75. The van der Waals surface area contributed by atoms with E-state index in [-0.39, 0.29) is 34.7 Å². The highest BCUT2D eigenvalue weighted by molar-refractivity contribution is 5.96. The summed E-state index contributed by atoms with van der Waals surface area (Å²) < 4.78 is 51.2. The minimum Gasteiger partial charge on any atom is -0.495 e. The molecule has 3 N–H and O–H groups in total. The molecule has 1 aromatic carbocycles. The molecule has 5 rings (SSSR count). The number of aromatic nitrogens is 3. The van der Waals surface area contributed by atoms with Gasteiger partial charge < -0.3 is 30.0 Å². The molecule has 3 heterocycles. The highest BCUT2D eigenvalue weighted by Crippen LogP contribution is 2.39. The van der Waals surface area contributed by atoms with Gasteiger partial charge in [-0.15, -0.1) is 0 Å². The zero-order chi connectivity index (χ0) is 23.9. The highest BCUT2D eigenvalue weighted by atomic mass is 19.4. The first-order valence-corrected chi connectivity index (χ1v) is 10.9. The van der Waals surface area contributed by atoms with Gasteiger partial charge in [0.05, 0.1) is 37.0 Å². The normalized spacial score (nSPS) is 16.5. The first-order chi connectivity index (χ1) is 16.3. The molecule has 34 heavy (non-hydrogen) atoms. The Hall–Kier alpha value is -3.54. The fourth-order valence-corrected chi connectivity index (χ4v) is 3.83. The molecule has 0 bridgehead atoms. The number of amides is 1. The van der Waals surface area contributed by atoms with E-state index in [9.17, 15) is 18.0 Å². The Kier molecular flexibility index (Phi) is 5.68. The summed E-state index contributed by atoms with van der Waals surface area (Å²) in [7, 11) is 1.47. The van der Waals surface area contributed by atoms with Crippen LogP contribution in [0.2, 0.25) is 0 Å². The van der Waals surface area contributed by atoms with Crippen molar-refractivity contribution < 1.29 is 27.4 Å². The van der Waals surface area contributed by atoms with Gasteiger partial charge in [-0.25, -0.2) is 0 Å². The van der Waals surface area contributed by atoms with Crippen molar-refractivity contribution in [1.82, 2.24) is 19.9 Å². The molecule has 2 aliphatic rings. The van der Waals surface area contributed by atoms with Crippen LogP contribution in [0.3, 0.4) is 0 Å². The van der Waals surface area contributed by atoms with Gasteiger partial charge in [-0.3, -0.25) is 4.79 Å². The summed E-state index contributed by atoms with van der Waals surface area (Å²) in [5, 5.41) is 5.99. The lowest BCUT2D eigenvalue weighted by Gasteiger charge is -2.27. The Balaban J connectivity index is 1.46. The lowest BCUT2D eigenvalue weighted by atomic mass is 10.1. The number of ether oxygens (including phenoxy) is 2. The number of alkyl halides is 3. The average molecular weight is 476 g/mol. The van der Waals surface area contributed by atoms with Crippen LogP contribution in [0, 0.1) is 0 Å². The van der Waals surface area contributed by atoms with Crippen LogP contribution in [0.5, 0.6) is 5.75 Å². The van der Waals surface area contributed by atoms with E-state index in [0.717, 1.165) is 19.0 Å². The molecule has 2 fully saturated rings. The number of aromatic amines is 1. The quantitative estimate of drug-likeness (QED) is 0.498. The number of carbonyl (C=O) groups excluding carboxylic acids is 1. The van der Waals surface area contributed by atoms with E-state index in [0.29, 0.717) is 43.3 Å². The van der Waals surface area contributed by atoms with E-state index in [1.54, 1.807) is 23.1 Å². The zero-order valence-electron chi connectivity index (χ0n) is 18.3. The molecule has 3 aromatic rings. The predicted octanol–water partition coefficient (Wildman–Crippen LogP) is 3.78. The van der Waals surface area contributed by atoms with Gasteiger partial charge in [0, 0.05) is 30.9 Å². The van der Waals surface area contributed by atoms with Crippen LogP contribution in [0.1, 0.15) is 28.8 Å². The van der Waals surface area contributed by atoms with Crippen LogP contribution in [-0.2, 0) is 10.9 Å². The molecule has 0 atom stereocenters. The maximum absolute atomic E-state index is 13.5. The Bertz CT molecular complexity index is 1220. The van der Waals surface area contributed by atoms with Crippen molar-refractivity contribution in [2.24, 2.45) is 0 Å². The Morgan fingerprint density at radius 2 is 2.00 bits per heavy atom. The second kappa shape index (κ2) is 8.67. The summed E-state index contributed by atoms with van der Waals surface area (Å²) in [5.41, 5.74) is 0.170. The first-order valence-electron chi connectivity index (χ1n) is 10.9. The molecule has 1 saturated carbocycles. The van der Waals surface area contributed by atoms with Gasteiger partial charge in [0.25, 0.3) is 5.91 Å². The van der Waals surface area contributed by atoms with E-state index >= 15 is 0 Å². The number of fused-ring (bicyclic) bond motifs is 1. The van der Waals surface area contributed by atoms with Gasteiger partial charge in [0.1, 0.15) is 17.2 Å². The third-order valence-corrected chi connectivity index (χ3v) is 5.75. The number of nitrogens with zero attached hydrogens (tertiary/aromatic N) is 3. The molecule has 180 valence electrons. The number of nitrogens with one attached hydrogen (secondary N) is 3. The zero-order valence-corrected chi connectivity index (χ0v) is 18.3. The molecule has 1 saturated heterocycles. The van der Waals surface area contributed by atoms with Gasteiger partial charge >= 0.3 is 6.18 Å². The minimum atomic E-state index is -4.54. The Morgan fingerprint density at radius 3 is 2.68 bits per heavy atom. The maximum Gasteiger partial charge on any atom is 0.418 e. The van der Waals surface area contributed by atoms with E-state index in [1.165, 1.54) is 7.11 Å². The van der Waals surface area contributed by atoms with Crippen LogP contribution >= 0.6 is 0 Å². The monoisotopic (exact) mass is 476 g/mol. The summed E-state index contributed by atoms with van der Waals surface area (Å²) in [5.74, 6) is 0.452. The van der Waals surface area contributed by atoms with Crippen molar-refractivity contribution in [3.8, 4) is 5.75 Å².